The van der Waals surface area contributed by atoms with Gasteiger partial charge < -0.3 is 9.73 Å². The van der Waals surface area contributed by atoms with Gasteiger partial charge in [-0.05, 0) is 44.8 Å². The molecule has 1 atom stereocenters. The van der Waals surface area contributed by atoms with Crippen molar-refractivity contribution in [2.24, 2.45) is 0 Å². The minimum Gasteiger partial charge on any atom is -0.466 e. The van der Waals surface area contributed by atoms with Gasteiger partial charge in [0.2, 0.25) is 0 Å². The average molecular weight is 255 g/mol. The van der Waals surface area contributed by atoms with Crippen LogP contribution in [0.25, 0.3) is 0 Å². The second-order valence-electron chi connectivity index (χ2n) is 4.19. The zero-order valence-corrected chi connectivity index (χ0v) is 11.8. The molecule has 17 heavy (non-hydrogen) atoms. The highest BCUT2D eigenvalue weighted by molar-refractivity contribution is 7.99. The van der Waals surface area contributed by atoms with Crippen LogP contribution < -0.4 is 5.32 Å². The molecule has 0 radical (unpaired) electrons. The van der Waals surface area contributed by atoms with Crippen molar-refractivity contribution in [2.75, 3.05) is 11.5 Å². The predicted octanol–water partition coefficient (Wildman–Crippen LogP) is 3.16. The largest absolute Gasteiger partial charge is 0.466 e. The number of rotatable bonds is 6. The highest BCUT2D eigenvalue weighted by Gasteiger charge is 2.15. The first-order valence-corrected chi connectivity index (χ1v) is 7.15. The van der Waals surface area contributed by atoms with E-state index in [1.54, 1.807) is 6.07 Å². The molecule has 96 valence electrons. The fraction of sp³-hybridized carbons (Fsp3) is 0.615. The molecule has 0 fully saturated rings. The predicted molar refractivity (Wildman–Crippen MR) is 72.7 cm³/mol. The number of carbonyl (C=O) groups is 1. The topological polar surface area (TPSA) is 42.2 Å². The SMILES string of the molecule is CCSCC[C@@H](C)NC(=O)c1cc(C)oc1C. The Balaban J connectivity index is 2.46. The summed E-state index contributed by atoms with van der Waals surface area (Å²) >= 11 is 1.90. The lowest BCUT2D eigenvalue weighted by atomic mass is 10.2. The Bertz CT molecular complexity index is 373. The third kappa shape index (κ3) is 4.46. The van der Waals surface area contributed by atoms with Crippen LogP contribution in [0.2, 0.25) is 0 Å². The Morgan fingerprint density at radius 3 is 2.76 bits per heavy atom. The summed E-state index contributed by atoms with van der Waals surface area (Å²) in [6.07, 6.45) is 1.00. The van der Waals surface area contributed by atoms with E-state index in [1.165, 1.54) is 0 Å². The summed E-state index contributed by atoms with van der Waals surface area (Å²) < 4.78 is 5.35. The maximum absolute atomic E-state index is 11.9. The van der Waals surface area contributed by atoms with Gasteiger partial charge in [-0.2, -0.15) is 11.8 Å². The normalized spacial score (nSPS) is 12.5. The number of amides is 1. The van der Waals surface area contributed by atoms with Gasteiger partial charge in [-0.3, -0.25) is 4.79 Å². The van der Waals surface area contributed by atoms with Gasteiger partial charge in [-0.1, -0.05) is 6.92 Å². The molecular formula is C13H21NO2S. The molecule has 0 aliphatic heterocycles. The van der Waals surface area contributed by atoms with Crippen LogP contribution in [0.4, 0.5) is 0 Å². The average Bonchev–Trinajstić information content (AvgIpc) is 2.58. The number of hydrogen-bond donors (Lipinski definition) is 1. The molecule has 3 nitrogen and oxygen atoms in total. The highest BCUT2D eigenvalue weighted by atomic mass is 32.2. The van der Waals surface area contributed by atoms with E-state index in [9.17, 15) is 4.79 Å². The summed E-state index contributed by atoms with van der Waals surface area (Å²) in [5.41, 5.74) is 0.650. The number of nitrogens with one attached hydrogen (secondary N) is 1. The van der Waals surface area contributed by atoms with E-state index in [2.05, 4.69) is 12.2 Å². The molecule has 0 saturated carbocycles. The van der Waals surface area contributed by atoms with Crippen LogP contribution in [-0.2, 0) is 0 Å². The molecule has 1 amide bonds. The molecular weight excluding hydrogens is 234 g/mol. The Labute approximate surface area is 107 Å². The maximum atomic E-state index is 11.9. The van der Waals surface area contributed by atoms with Gasteiger partial charge in [0.25, 0.3) is 5.91 Å². The summed E-state index contributed by atoms with van der Waals surface area (Å²) in [5, 5.41) is 3.00. The van der Waals surface area contributed by atoms with Gasteiger partial charge in [-0.15, -0.1) is 0 Å². The van der Waals surface area contributed by atoms with E-state index in [1.807, 2.05) is 32.5 Å². The zero-order valence-electron chi connectivity index (χ0n) is 11.0. The second kappa shape index (κ2) is 6.74. The number of thioether (sulfide) groups is 1. The molecule has 0 aliphatic rings. The van der Waals surface area contributed by atoms with Crippen molar-refractivity contribution in [3.05, 3.63) is 23.2 Å². The van der Waals surface area contributed by atoms with Gasteiger partial charge in [0.1, 0.15) is 11.5 Å². The van der Waals surface area contributed by atoms with Crippen LogP contribution in [0.15, 0.2) is 10.5 Å². The Hall–Kier alpha value is -0.900. The summed E-state index contributed by atoms with van der Waals surface area (Å²) in [4.78, 5) is 11.9. The molecule has 0 spiro atoms. The van der Waals surface area contributed by atoms with Crippen LogP contribution in [0, 0.1) is 13.8 Å². The Morgan fingerprint density at radius 2 is 2.24 bits per heavy atom. The molecule has 1 rings (SSSR count). The van der Waals surface area contributed by atoms with Crippen molar-refractivity contribution >= 4 is 17.7 Å². The van der Waals surface area contributed by atoms with E-state index in [4.69, 9.17) is 4.42 Å². The fourth-order valence-corrected chi connectivity index (χ4v) is 2.44. The number of carbonyl (C=O) groups excluding carboxylic acids is 1. The number of aryl methyl sites for hydroxylation is 2. The van der Waals surface area contributed by atoms with Crippen LogP contribution in [0.1, 0.15) is 42.1 Å². The van der Waals surface area contributed by atoms with Gasteiger partial charge >= 0.3 is 0 Å². The lowest BCUT2D eigenvalue weighted by Gasteiger charge is -2.12. The monoisotopic (exact) mass is 255 g/mol. The molecule has 0 bridgehead atoms. The van der Waals surface area contributed by atoms with Crippen molar-refractivity contribution in [1.82, 2.24) is 5.32 Å². The molecule has 0 aromatic carbocycles. The van der Waals surface area contributed by atoms with Crippen molar-refractivity contribution in [3.8, 4) is 0 Å². The molecule has 1 N–H and O–H groups in total. The van der Waals surface area contributed by atoms with Gasteiger partial charge in [-0.25, -0.2) is 0 Å². The molecule has 4 heteroatoms. The molecule has 0 saturated heterocycles. The lowest BCUT2D eigenvalue weighted by Crippen LogP contribution is -2.33. The molecule has 1 heterocycles. The van der Waals surface area contributed by atoms with Gasteiger partial charge in [0.05, 0.1) is 5.56 Å². The van der Waals surface area contributed by atoms with E-state index in [-0.39, 0.29) is 11.9 Å². The highest BCUT2D eigenvalue weighted by Crippen LogP contribution is 2.14. The first-order valence-electron chi connectivity index (χ1n) is 6.00. The van der Waals surface area contributed by atoms with Gasteiger partial charge in [0.15, 0.2) is 0 Å². The number of hydrogen-bond acceptors (Lipinski definition) is 3. The summed E-state index contributed by atoms with van der Waals surface area (Å²) in [5.74, 6) is 3.65. The minimum absolute atomic E-state index is 0.0339. The Kier molecular flexibility index (Phi) is 5.62. The zero-order chi connectivity index (χ0) is 12.8. The van der Waals surface area contributed by atoms with Crippen molar-refractivity contribution in [1.29, 1.82) is 0 Å². The second-order valence-corrected chi connectivity index (χ2v) is 5.58. The third-order valence-electron chi connectivity index (χ3n) is 2.56. The van der Waals surface area contributed by atoms with Crippen molar-refractivity contribution < 1.29 is 9.21 Å². The van der Waals surface area contributed by atoms with E-state index in [0.29, 0.717) is 11.3 Å². The fourth-order valence-electron chi connectivity index (χ4n) is 1.63. The van der Waals surface area contributed by atoms with Gasteiger partial charge in [0, 0.05) is 6.04 Å². The summed E-state index contributed by atoms with van der Waals surface area (Å²) in [6, 6.07) is 1.99. The van der Waals surface area contributed by atoms with Crippen LogP contribution in [-0.4, -0.2) is 23.5 Å². The molecule has 1 aromatic rings. The Morgan fingerprint density at radius 1 is 1.53 bits per heavy atom. The molecule has 0 unspecified atom stereocenters. The van der Waals surface area contributed by atoms with E-state index >= 15 is 0 Å². The maximum Gasteiger partial charge on any atom is 0.255 e. The number of furan rings is 1. The van der Waals surface area contributed by atoms with Crippen LogP contribution in [0.3, 0.4) is 0 Å². The van der Waals surface area contributed by atoms with Crippen LogP contribution in [0.5, 0.6) is 0 Å². The summed E-state index contributed by atoms with van der Waals surface area (Å²) in [7, 11) is 0. The molecule has 0 aliphatic carbocycles. The van der Waals surface area contributed by atoms with E-state index < -0.39 is 0 Å². The van der Waals surface area contributed by atoms with E-state index in [0.717, 1.165) is 23.7 Å². The first kappa shape index (κ1) is 14.2. The van der Waals surface area contributed by atoms with Crippen LogP contribution >= 0.6 is 11.8 Å². The standard InChI is InChI=1S/C13H21NO2S/c1-5-17-7-6-9(2)14-13(15)12-8-10(3)16-11(12)4/h8-9H,5-7H2,1-4H3,(H,14,15)/t9-/m1/s1. The minimum atomic E-state index is -0.0339. The summed E-state index contributed by atoms with van der Waals surface area (Å²) in [6.45, 7) is 7.85. The third-order valence-corrected chi connectivity index (χ3v) is 3.50. The van der Waals surface area contributed by atoms with Crippen molar-refractivity contribution in [2.45, 2.75) is 40.2 Å². The quantitative estimate of drug-likeness (QED) is 0.794. The smallest absolute Gasteiger partial charge is 0.255 e. The molecule has 1 aromatic heterocycles. The van der Waals surface area contributed by atoms with Crippen molar-refractivity contribution in [3.63, 3.8) is 0 Å². The first-order chi connectivity index (χ1) is 8.04. The lowest BCUT2D eigenvalue weighted by molar-refractivity contribution is 0.0938.